The van der Waals surface area contributed by atoms with Gasteiger partial charge in [0.2, 0.25) is 0 Å². The van der Waals surface area contributed by atoms with Crippen molar-refractivity contribution >= 4 is 0 Å². The molecule has 0 aliphatic rings. The number of aromatic nitrogens is 2. The average molecular weight is 427 g/mol. The van der Waals surface area contributed by atoms with E-state index in [9.17, 15) is 0 Å². The third-order valence-electron chi connectivity index (χ3n) is 5.38. The Balaban J connectivity index is 1.95. The zero-order chi connectivity index (χ0) is 22.5. The fourth-order valence-corrected chi connectivity index (χ4v) is 3.72. The molecule has 4 aromatic rings. The highest BCUT2D eigenvalue weighted by Gasteiger charge is 2.21. The number of hydrogen-bond donors (Lipinski definition) is 0. The van der Waals surface area contributed by atoms with Crippen molar-refractivity contribution in [1.29, 1.82) is 0 Å². The lowest BCUT2D eigenvalue weighted by molar-refractivity contribution is 0.414. The van der Waals surface area contributed by atoms with E-state index in [1.807, 2.05) is 71.4 Å². The van der Waals surface area contributed by atoms with Crippen LogP contribution < -0.4 is 14.2 Å². The lowest BCUT2D eigenvalue weighted by Crippen LogP contribution is -2.00. The number of rotatable bonds is 8. The third-order valence-corrected chi connectivity index (χ3v) is 5.38. The van der Waals surface area contributed by atoms with E-state index in [0.717, 1.165) is 51.0 Å². The Bertz CT molecular complexity index is 1190. The molecule has 0 N–H and O–H groups in total. The Labute approximate surface area is 188 Å². The first kappa shape index (κ1) is 21.2. The molecule has 0 spiro atoms. The van der Waals surface area contributed by atoms with Crippen LogP contribution in [0.25, 0.3) is 28.2 Å². The van der Waals surface area contributed by atoms with Crippen molar-refractivity contribution in [2.75, 3.05) is 21.3 Å². The second-order valence-corrected chi connectivity index (χ2v) is 7.24. The predicted octanol–water partition coefficient (Wildman–Crippen LogP) is 5.96. The fourth-order valence-electron chi connectivity index (χ4n) is 3.72. The second-order valence-electron chi connectivity index (χ2n) is 7.24. The Morgan fingerprint density at radius 1 is 0.719 bits per heavy atom. The molecular formula is C27H26N2O3. The predicted molar refractivity (Wildman–Crippen MR) is 128 cm³/mol. The standard InChI is InChI=1S/C27H26N2O3/c1-5-6-25-26(19-7-13-22(30-2)14-8-19)28-29(21-11-17-24(32-4)18-12-21)27(25)20-9-15-23(31-3)16-10-20/h5,7-18H,1,6H2,2-4H3. The topological polar surface area (TPSA) is 45.5 Å². The molecule has 5 heteroatoms. The van der Waals surface area contributed by atoms with Crippen molar-refractivity contribution < 1.29 is 14.2 Å². The van der Waals surface area contributed by atoms with Crippen LogP contribution in [-0.2, 0) is 6.42 Å². The molecule has 0 saturated carbocycles. The highest BCUT2D eigenvalue weighted by Crippen LogP contribution is 2.36. The normalized spacial score (nSPS) is 10.6. The minimum Gasteiger partial charge on any atom is -0.497 e. The lowest BCUT2D eigenvalue weighted by atomic mass is 9.99. The van der Waals surface area contributed by atoms with Crippen LogP contribution in [0.15, 0.2) is 85.5 Å². The molecule has 3 aromatic carbocycles. The zero-order valence-electron chi connectivity index (χ0n) is 18.5. The zero-order valence-corrected chi connectivity index (χ0v) is 18.5. The summed E-state index contributed by atoms with van der Waals surface area (Å²) in [7, 11) is 5.00. The van der Waals surface area contributed by atoms with Crippen LogP contribution in [0.2, 0.25) is 0 Å². The first-order valence-electron chi connectivity index (χ1n) is 10.3. The molecule has 0 amide bonds. The number of allylic oxidation sites excluding steroid dienone is 1. The van der Waals surface area contributed by atoms with Crippen molar-refractivity contribution in [3.63, 3.8) is 0 Å². The number of hydrogen-bond acceptors (Lipinski definition) is 4. The van der Waals surface area contributed by atoms with Gasteiger partial charge >= 0.3 is 0 Å². The SMILES string of the molecule is C=CCc1c(-c2ccc(OC)cc2)nn(-c2ccc(OC)cc2)c1-c1ccc(OC)cc1. The van der Waals surface area contributed by atoms with Gasteiger partial charge in [0.25, 0.3) is 0 Å². The summed E-state index contributed by atoms with van der Waals surface area (Å²) >= 11 is 0. The van der Waals surface area contributed by atoms with Gasteiger partial charge in [0.1, 0.15) is 17.2 Å². The van der Waals surface area contributed by atoms with Gasteiger partial charge in [-0.2, -0.15) is 5.10 Å². The van der Waals surface area contributed by atoms with Crippen molar-refractivity contribution in [2.24, 2.45) is 0 Å². The van der Waals surface area contributed by atoms with Gasteiger partial charge in [0.05, 0.1) is 38.4 Å². The van der Waals surface area contributed by atoms with Crippen LogP contribution in [0, 0.1) is 0 Å². The van der Waals surface area contributed by atoms with Crippen LogP contribution in [0.1, 0.15) is 5.56 Å². The molecule has 1 aromatic heterocycles. The lowest BCUT2D eigenvalue weighted by Gasteiger charge is -2.11. The molecule has 1 heterocycles. The van der Waals surface area contributed by atoms with Gasteiger partial charge < -0.3 is 14.2 Å². The summed E-state index contributed by atoms with van der Waals surface area (Å²) in [5.74, 6) is 2.42. The van der Waals surface area contributed by atoms with Gasteiger partial charge in [-0.05, 0) is 79.2 Å². The maximum absolute atomic E-state index is 5.36. The summed E-state index contributed by atoms with van der Waals surface area (Å²) < 4.78 is 18.0. The molecule has 0 aliphatic carbocycles. The van der Waals surface area contributed by atoms with Gasteiger partial charge in [0, 0.05) is 16.7 Å². The molecular weight excluding hydrogens is 400 g/mol. The van der Waals surface area contributed by atoms with Crippen molar-refractivity contribution in [3.05, 3.63) is 91.0 Å². The van der Waals surface area contributed by atoms with E-state index in [1.54, 1.807) is 21.3 Å². The van der Waals surface area contributed by atoms with Crippen LogP contribution in [0.4, 0.5) is 0 Å². The van der Waals surface area contributed by atoms with E-state index < -0.39 is 0 Å². The molecule has 0 saturated heterocycles. The van der Waals surface area contributed by atoms with E-state index >= 15 is 0 Å². The highest BCUT2D eigenvalue weighted by atomic mass is 16.5. The summed E-state index contributed by atoms with van der Waals surface area (Å²) in [5, 5.41) is 5.06. The number of methoxy groups -OCH3 is 3. The van der Waals surface area contributed by atoms with Gasteiger partial charge in [0.15, 0.2) is 0 Å². The summed E-state index contributed by atoms with van der Waals surface area (Å²) in [5.41, 5.74) is 6.04. The Kier molecular flexibility index (Phi) is 6.26. The first-order valence-corrected chi connectivity index (χ1v) is 10.3. The molecule has 32 heavy (non-hydrogen) atoms. The molecule has 0 bridgehead atoms. The molecule has 4 rings (SSSR count). The first-order chi connectivity index (χ1) is 15.7. The van der Waals surface area contributed by atoms with Crippen LogP contribution in [-0.4, -0.2) is 31.1 Å². The van der Waals surface area contributed by atoms with Gasteiger partial charge in [-0.15, -0.1) is 6.58 Å². The quantitative estimate of drug-likeness (QED) is 0.326. The van der Waals surface area contributed by atoms with E-state index in [2.05, 4.69) is 18.7 Å². The largest absolute Gasteiger partial charge is 0.497 e. The Hall–Kier alpha value is -3.99. The number of benzene rings is 3. The summed E-state index contributed by atoms with van der Waals surface area (Å²) in [6, 6.07) is 23.9. The van der Waals surface area contributed by atoms with Crippen molar-refractivity contribution in [2.45, 2.75) is 6.42 Å². The molecule has 0 aliphatic heterocycles. The monoisotopic (exact) mass is 426 g/mol. The Morgan fingerprint density at radius 2 is 1.19 bits per heavy atom. The van der Waals surface area contributed by atoms with Gasteiger partial charge in [-0.25, -0.2) is 4.68 Å². The van der Waals surface area contributed by atoms with Crippen molar-refractivity contribution in [1.82, 2.24) is 9.78 Å². The molecule has 162 valence electrons. The minimum atomic E-state index is 0.679. The maximum Gasteiger partial charge on any atom is 0.119 e. The molecule has 0 radical (unpaired) electrons. The Morgan fingerprint density at radius 3 is 1.66 bits per heavy atom. The molecule has 0 unspecified atom stereocenters. The van der Waals surface area contributed by atoms with Gasteiger partial charge in [-0.3, -0.25) is 0 Å². The second kappa shape index (κ2) is 9.43. The smallest absolute Gasteiger partial charge is 0.119 e. The summed E-state index contributed by atoms with van der Waals surface area (Å²) in [6.45, 7) is 3.99. The van der Waals surface area contributed by atoms with Crippen LogP contribution in [0.3, 0.4) is 0 Å². The van der Waals surface area contributed by atoms with Crippen LogP contribution >= 0.6 is 0 Å². The third kappa shape index (κ3) is 4.10. The number of ether oxygens (including phenoxy) is 3. The highest BCUT2D eigenvalue weighted by molar-refractivity contribution is 5.77. The minimum absolute atomic E-state index is 0.679. The van der Waals surface area contributed by atoms with E-state index in [0.29, 0.717) is 6.42 Å². The maximum atomic E-state index is 5.36. The van der Waals surface area contributed by atoms with Crippen LogP contribution in [0.5, 0.6) is 17.2 Å². The van der Waals surface area contributed by atoms with Gasteiger partial charge in [-0.1, -0.05) is 6.08 Å². The van der Waals surface area contributed by atoms with E-state index in [4.69, 9.17) is 19.3 Å². The average Bonchev–Trinajstić information content (AvgIpc) is 3.23. The van der Waals surface area contributed by atoms with E-state index in [-0.39, 0.29) is 0 Å². The number of nitrogens with zero attached hydrogens (tertiary/aromatic N) is 2. The summed E-state index contributed by atoms with van der Waals surface area (Å²) in [4.78, 5) is 0. The fraction of sp³-hybridized carbons (Fsp3) is 0.148. The van der Waals surface area contributed by atoms with Crippen molar-refractivity contribution in [3.8, 4) is 45.5 Å². The molecule has 0 fully saturated rings. The van der Waals surface area contributed by atoms with E-state index in [1.165, 1.54) is 0 Å². The molecule has 0 atom stereocenters. The molecule has 5 nitrogen and oxygen atoms in total. The summed E-state index contributed by atoms with van der Waals surface area (Å²) in [6.07, 6.45) is 2.59.